The predicted molar refractivity (Wildman–Crippen MR) is 74.2 cm³/mol. The molecular formula is C15H20N2O3. The van der Waals surface area contributed by atoms with Crippen LogP contribution in [0.2, 0.25) is 0 Å². The van der Waals surface area contributed by atoms with E-state index in [2.05, 4.69) is 23.8 Å². The molecule has 0 radical (unpaired) electrons. The fraction of sp³-hybridized carbons (Fsp3) is 0.533. The summed E-state index contributed by atoms with van der Waals surface area (Å²) in [4.78, 5) is 12.0. The zero-order chi connectivity index (χ0) is 14.1. The molecular weight excluding hydrogens is 256 g/mol. The Labute approximate surface area is 118 Å². The van der Waals surface area contributed by atoms with E-state index in [0.717, 1.165) is 17.7 Å². The summed E-state index contributed by atoms with van der Waals surface area (Å²) in [6, 6.07) is 5.95. The summed E-state index contributed by atoms with van der Waals surface area (Å²) in [5.41, 5.74) is 8.64. The van der Waals surface area contributed by atoms with Gasteiger partial charge in [-0.2, -0.15) is 0 Å². The molecule has 1 saturated heterocycles. The fourth-order valence-corrected chi connectivity index (χ4v) is 3.04. The molecule has 1 aromatic carbocycles. The maximum atomic E-state index is 12.0. The lowest BCUT2D eigenvalue weighted by Gasteiger charge is -2.19. The highest BCUT2D eigenvalue weighted by molar-refractivity contribution is 5.76. The minimum absolute atomic E-state index is 0.0850. The van der Waals surface area contributed by atoms with Crippen molar-refractivity contribution in [2.75, 3.05) is 13.2 Å². The second-order valence-electron chi connectivity index (χ2n) is 5.34. The Balaban J connectivity index is 1.90. The summed E-state index contributed by atoms with van der Waals surface area (Å²) >= 11 is 0. The molecule has 108 valence electrons. The Hall–Kier alpha value is -1.59. The summed E-state index contributed by atoms with van der Waals surface area (Å²) in [7, 11) is 0. The van der Waals surface area contributed by atoms with Gasteiger partial charge in [-0.25, -0.2) is 10.9 Å². The van der Waals surface area contributed by atoms with Crippen molar-refractivity contribution in [3.8, 4) is 5.75 Å². The van der Waals surface area contributed by atoms with Crippen molar-refractivity contribution in [3.63, 3.8) is 0 Å². The molecule has 2 aliphatic heterocycles. The molecule has 0 bridgehead atoms. The summed E-state index contributed by atoms with van der Waals surface area (Å²) < 4.78 is 11.0. The second kappa shape index (κ2) is 5.42. The molecule has 2 aliphatic rings. The molecule has 0 aliphatic carbocycles. The van der Waals surface area contributed by atoms with E-state index in [1.165, 1.54) is 5.56 Å². The number of hydrazine groups is 1. The van der Waals surface area contributed by atoms with Crippen LogP contribution in [0.3, 0.4) is 0 Å². The van der Waals surface area contributed by atoms with E-state index >= 15 is 0 Å². The van der Waals surface area contributed by atoms with Crippen molar-refractivity contribution in [3.05, 3.63) is 29.3 Å². The topological polar surface area (TPSA) is 59.6 Å². The van der Waals surface area contributed by atoms with E-state index in [9.17, 15) is 4.79 Å². The van der Waals surface area contributed by atoms with Gasteiger partial charge in [0.15, 0.2) is 0 Å². The van der Waals surface area contributed by atoms with Gasteiger partial charge in [-0.3, -0.25) is 4.79 Å². The summed E-state index contributed by atoms with van der Waals surface area (Å²) in [5.74, 6) is 0.864. The molecule has 0 aromatic heterocycles. The molecule has 5 nitrogen and oxygen atoms in total. The van der Waals surface area contributed by atoms with Gasteiger partial charge in [0.25, 0.3) is 0 Å². The third-order valence-electron chi connectivity index (χ3n) is 4.00. The van der Waals surface area contributed by atoms with Crippen LogP contribution < -0.4 is 15.6 Å². The lowest BCUT2D eigenvalue weighted by Crippen LogP contribution is -2.40. The highest BCUT2D eigenvalue weighted by Crippen LogP contribution is 2.39. The molecule has 2 heterocycles. The van der Waals surface area contributed by atoms with Gasteiger partial charge in [-0.05, 0) is 26.3 Å². The fourth-order valence-electron chi connectivity index (χ4n) is 3.04. The van der Waals surface area contributed by atoms with Gasteiger partial charge in [0.2, 0.25) is 0 Å². The molecule has 2 N–H and O–H groups in total. The van der Waals surface area contributed by atoms with E-state index in [4.69, 9.17) is 9.47 Å². The van der Waals surface area contributed by atoms with Crippen LogP contribution in [0.5, 0.6) is 5.75 Å². The van der Waals surface area contributed by atoms with Gasteiger partial charge < -0.3 is 9.47 Å². The van der Waals surface area contributed by atoms with Gasteiger partial charge in [-0.1, -0.05) is 17.7 Å². The first-order valence-electron chi connectivity index (χ1n) is 7.11. The van der Waals surface area contributed by atoms with Crippen molar-refractivity contribution in [1.29, 1.82) is 0 Å². The highest BCUT2D eigenvalue weighted by atomic mass is 16.5. The first-order chi connectivity index (χ1) is 9.70. The Kier molecular flexibility index (Phi) is 3.63. The largest absolute Gasteiger partial charge is 0.493 e. The molecule has 3 rings (SSSR count). The monoisotopic (exact) mass is 276 g/mol. The lowest BCUT2D eigenvalue weighted by atomic mass is 9.87. The molecule has 5 heteroatoms. The smallest absolute Gasteiger partial charge is 0.324 e. The number of rotatable bonds is 2. The van der Waals surface area contributed by atoms with E-state index in [1.54, 1.807) is 0 Å². The van der Waals surface area contributed by atoms with Crippen LogP contribution in [-0.4, -0.2) is 25.2 Å². The summed E-state index contributed by atoms with van der Waals surface area (Å²) in [6.45, 7) is 4.91. The lowest BCUT2D eigenvalue weighted by molar-refractivity contribution is -0.146. The van der Waals surface area contributed by atoms with E-state index < -0.39 is 0 Å². The molecule has 3 unspecified atom stereocenters. The van der Waals surface area contributed by atoms with Crippen molar-refractivity contribution in [1.82, 2.24) is 10.9 Å². The number of fused-ring (bicyclic) bond motifs is 3. The van der Waals surface area contributed by atoms with Crippen molar-refractivity contribution >= 4 is 5.97 Å². The van der Waals surface area contributed by atoms with Crippen LogP contribution in [-0.2, 0) is 9.53 Å². The van der Waals surface area contributed by atoms with Crippen LogP contribution in [0.4, 0.5) is 0 Å². The first-order valence-corrected chi connectivity index (χ1v) is 7.11. The molecule has 0 saturated carbocycles. The number of carbonyl (C=O) groups is 1. The maximum Gasteiger partial charge on any atom is 0.324 e. The number of hydrogen-bond donors (Lipinski definition) is 2. The highest BCUT2D eigenvalue weighted by Gasteiger charge is 2.43. The van der Waals surface area contributed by atoms with Crippen LogP contribution in [0.1, 0.15) is 30.5 Å². The number of carbonyl (C=O) groups excluding carboxylic acids is 1. The van der Waals surface area contributed by atoms with Crippen LogP contribution in [0.25, 0.3) is 0 Å². The van der Waals surface area contributed by atoms with E-state index in [1.807, 2.05) is 19.1 Å². The standard InChI is InChI=1S/C15H20N2O3/c1-3-19-15(18)14-10-6-7-20-12-5-4-9(2)8-11(12)13(10)16-17-14/h4-5,8,10,13-14,16-17H,3,6-7H2,1-2H3. The number of ether oxygens (including phenoxy) is 2. The Morgan fingerprint density at radius 1 is 1.45 bits per heavy atom. The SMILES string of the molecule is CCOC(=O)C1NNC2c3cc(C)ccc3OCCC12. The molecule has 0 spiro atoms. The van der Waals surface area contributed by atoms with Gasteiger partial charge in [0.05, 0.1) is 19.3 Å². The van der Waals surface area contributed by atoms with Crippen molar-refractivity contribution in [2.45, 2.75) is 32.4 Å². The van der Waals surface area contributed by atoms with Gasteiger partial charge in [0, 0.05) is 11.5 Å². The number of hydrogen-bond acceptors (Lipinski definition) is 5. The predicted octanol–water partition coefficient (Wildman–Crippen LogP) is 1.47. The van der Waals surface area contributed by atoms with Gasteiger partial charge >= 0.3 is 5.97 Å². The van der Waals surface area contributed by atoms with Gasteiger partial charge in [0.1, 0.15) is 11.8 Å². The van der Waals surface area contributed by atoms with Gasteiger partial charge in [-0.15, -0.1) is 0 Å². The van der Waals surface area contributed by atoms with Crippen molar-refractivity contribution in [2.24, 2.45) is 5.92 Å². The number of esters is 1. The normalized spacial score (nSPS) is 28.0. The number of aryl methyl sites for hydroxylation is 1. The molecule has 3 atom stereocenters. The van der Waals surface area contributed by atoms with E-state index in [-0.39, 0.29) is 24.0 Å². The molecule has 20 heavy (non-hydrogen) atoms. The molecule has 0 amide bonds. The number of nitrogens with one attached hydrogen (secondary N) is 2. The summed E-state index contributed by atoms with van der Waals surface area (Å²) in [6.07, 6.45) is 0.821. The summed E-state index contributed by atoms with van der Waals surface area (Å²) in [5, 5.41) is 0. The average molecular weight is 276 g/mol. The maximum absolute atomic E-state index is 12.0. The number of benzene rings is 1. The molecule has 1 fully saturated rings. The zero-order valence-electron chi connectivity index (χ0n) is 11.8. The van der Waals surface area contributed by atoms with Crippen LogP contribution in [0, 0.1) is 12.8 Å². The molecule has 1 aromatic rings. The zero-order valence-corrected chi connectivity index (χ0v) is 11.8. The average Bonchev–Trinajstić information content (AvgIpc) is 2.77. The van der Waals surface area contributed by atoms with Crippen LogP contribution in [0.15, 0.2) is 18.2 Å². The minimum atomic E-state index is -0.310. The van der Waals surface area contributed by atoms with E-state index in [0.29, 0.717) is 13.2 Å². The Bertz CT molecular complexity index is 518. The quantitative estimate of drug-likeness (QED) is 0.801. The minimum Gasteiger partial charge on any atom is -0.493 e. The third-order valence-corrected chi connectivity index (χ3v) is 4.00. The van der Waals surface area contributed by atoms with Crippen molar-refractivity contribution < 1.29 is 14.3 Å². The second-order valence-corrected chi connectivity index (χ2v) is 5.34. The third kappa shape index (κ3) is 2.27. The Morgan fingerprint density at radius 3 is 3.10 bits per heavy atom. The first kappa shape index (κ1) is 13.4. The Morgan fingerprint density at radius 2 is 2.30 bits per heavy atom. The van der Waals surface area contributed by atoms with Crippen LogP contribution >= 0.6 is 0 Å².